The Bertz CT molecular complexity index is 579. The maximum atomic E-state index is 12.5. The lowest BCUT2D eigenvalue weighted by Gasteiger charge is -2.34. The van der Waals surface area contributed by atoms with Crippen LogP contribution in [0.5, 0.6) is 0 Å². The second kappa shape index (κ2) is 5.46. The van der Waals surface area contributed by atoms with Gasteiger partial charge in [-0.05, 0) is 31.5 Å². The average Bonchev–Trinajstić information content (AvgIpc) is 2.89. The minimum absolute atomic E-state index is 0.191. The first-order chi connectivity index (χ1) is 10.1. The van der Waals surface area contributed by atoms with E-state index in [0.29, 0.717) is 30.8 Å². The third-order valence-electron chi connectivity index (χ3n) is 4.10. The van der Waals surface area contributed by atoms with Crippen LogP contribution in [0.4, 0.5) is 5.69 Å². The predicted molar refractivity (Wildman–Crippen MR) is 76.0 cm³/mol. The summed E-state index contributed by atoms with van der Waals surface area (Å²) in [4.78, 5) is 24.1. The maximum Gasteiger partial charge on any atom is 0.338 e. The van der Waals surface area contributed by atoms with Crippen molar-refractivity contribution in [2.45, 2.75) is 25.0 Å². The molecule has 112 valence electrons. The highest BCUT2D eigenvalue weighted by molar-refractivity contribution is 6.00. The van der Waals surface area contributed by atoms with Crippen LogP contribution in [-0.2, 0) is 20.9 Å². The Kier molecular flexibility index (Phi) is 3.65. The number of amides is 1. The zero-order chi connectivity index (χ0) is 14.9. The number of piperidine rings is 1. The van der Waals surface area contributed by atoms with Crippen molar-refractivity contribution in [1.29, 1.82) is 0 Å². The van der Waals surface area contributed by atoms with E-state index >= 15 is 0 Å². The van der Waals surface area contributed by atoms with E-state index in [2.05, 4.69) is 10.6 Å². The van der Waals surface area contributed by atoms with Crippen LogP contribution < -0.4 is 10.6 Å². The molecule has 0 radical (unpaired) electrons. The topological polar surface area (TPSA) is 76.7 Å². The molecule has 0 spiro atoms. The first kappa shape index (κ1) is 14.0. The van der Waals surface area contributed by atoms with Crippen LogP contribution in [0.25, 0.3) is 0 Å². The van der Waals surface area contributed by atoms with Gasteiger partial charge in [0.25, 0.3) is 5.91 Å². The molecule has 0 bridgehead atoms. The van der Waals surface area contributed by atoms with Crippen LogP contribution in [0.2, 0.25) is 0 Å². The number of nitrogens with one attached hydrogen (secondary N) is 2. The summed E-state index contributed by atoms with van der Waals surface area (Å²) in [5, 5.41) is 6.02. The third-order valence-corrected chi connectivity index (χ3v) is 4.10. The standard InChI is InChI=1S/C15H18N2O4/c1-20-15(5-2-6-16-9-15)14(19)17-11-4-3-10-8-21-13(18)12(10)7-11/h3-4,7,16H,2,5-6,8-9H2,1H3,(H,17,19)/t15-/m1/s1. The molecule has 2 aliphatic heterocycles. The molecule has 1 aromatic carbocycles. The highest BCUT2D eigenvalue weighted by atomic mass is 16.5. The molecule has 2 N–H and O–H groups in total. The molecule has 2 aliphatic rings. The number of esters is 1. The summed E-state index contributed by atoms with van der Waals surface area (Å²) in [6.45, 7) is 1.68. The Morgan fingerprint density at radius 2 is 2.33 bits per heavy atom. The lowest BCUT2D eigenvalue weighted by molar-refractivity contribution is -0.139. The minimum atomic E-state index is -0.849. The summed E-state index contributed by atoms with van der Waals surface area (Å²) in [5.74, 6) is -0.537. The molecule has 6 nitrogen and oxygen atoms in total. The van der Waals surface area contributed by atoms with Gasteiger partial charge in [0.2, 0.25) is 0 Å². The number of rotatable bonds is 3. The number of benzene rings is 1. The Labute approximate surface area is 122 Å². The zero-order valence-corrected chi connectivity index (χ0v) is 11.9. The summed E-state index contributed by atoms with van der Waals surface area (Å²) < 4.78 is 10.4. The molecule has 2 heterocycles. The van der Waals surface area contributed by atoms with Crippen molar-refractivity contribution < 1.29 is 19.1 Å². The van der Waals surface area contributed by atoms with Gasteiger partial charge in [0.05, 0.1) is 5.56 Å². The lowest BCUT2D eigenvalue weighted by atomic mass is 9.92. The van der Waals surface area contributed by atoms with Gasteiger partial charge >= 0.3 is 5.97 Å². The molecule has 1 fully saturated rings. The number of carbonyl (C=O) groups is 2. The van der Waals surface area contributed by atoms with Crippen molar-refractivity contribution in [2.24, 2.45) is 0 Å². The van der Waals surface area contributed by atoms with Crippen LogP contribution in [0.3, 0.4) is 0 Å². The van der Waals surface area contributed by atoms with Crippen molar-refractivity contribution in [1.82, 2.24) is 5.32 Å². The number of anilines is 1. The molecule has 6 heteroatoms. The molecular weight excluding hydrogens is 272 g/mol. The second-order valence-electron chi connectivity index (χ2n) is 5.38. The maximum absolute atomic E-state index is 12.5. The van der Waals surface area contributed by atoms with Gasteiger partial charge in [-0.2, -0.15) is 0 Å². The number of carbonyl (C=O) groups excluding carboxylic acids is 2. The normalized spacial score (nSPS) is 24.3. The fourth-order valence-electron chi connectivity index (χ4n) is 2.77. The van der Waals surface area contributed by atoms with E-state index in [1.165, 1.54) is 0 Å². The smallest absolute Gasteiger partial charge is 0.338 e. The number of methoxy groups -OCH3 is 1. The monoisotopic (exact) mass is 290 g/mol. The van der Waals surface area contributed by atoms with Crippen LogP contribution in [-0.4, -0.2) is 37.7 Å². The van der Waals surface area contributed by atoms with Crippen molar-refractivity contribution in [3.8, 4) is 0 Å². The predicted octanol–water partition coefficient (Wildman–Crippen LogP) is 1.06. The van der Waals surface area contributed by atoms with Crippen LogP contribution in [0, 0.1) is 0 Å². The summed E-state index contributed by atoms with van der Waals surface area (Å²) in [5.41, 5.74) is 1.09. The molecule has 0 saturated carbocycles. The van der Waals surface area contributed by atoms with E-state index in [0.717, 1.165) is 18.5 Å². The van der Waals surface area contributed by atoms with Gasteiger partial charge in [-0.1, -0.05) is 6.07 Å². The van der Waals surface area contributed by atoms with Crippen molar-refractivity contribution in [2.75, 3.05) is 25.5 Å². The van der Waals surface area contributed by atoms with Crippen LogP contribution in [0.15, 0.2) is 18.2 Å². The molecule has 1 aromatic rings. The summed E-state index contributed by atoms with van der Waals surface area (Å²) in [6, 6.07) is 5.23. The fraction of sp³-hybridized carbons (Fsp3) is 0.467. The Morgan fingerprint density at radius 1 is 1.48 bits per heavy atom. The molecule has 1 amide bonds. The molecule has 0 aliphatic carbocycles. The van der Waals surface area contributed by atoms with E-state index in [9.17, 15) is 9.59 Å². The molecule has 21 heavy (non-hydrogen) atoms. The van der Waals surface area contributed by atoms with E-state index in [4.69, 9.17) is 9.47 Å². The third kappa shape index (κ3) is 2.52. The molecule has 0 unspecified atom stereocenters. The number of hydrogen-bond donors (Lipinski definition) is 2. The molecule has 3 rings (SSSR count). The van der Waals surface area contributed by atoms with Gasteiger partial charge in [-0.25, -0.2) is 4.79 Å². The molecule has 1 saturated heterocycles. The van der Waals surface area contributed by atoms with Crippen molar-refractivity contribution in [3.05, 3.63) is 29.3 Å². The quantitative estimate of drug-likeness (QED) is 0.814. The number of cyclic esters (lactones) is 1. The Balaban J connectivity index is 1.78. The average molecular weight is 290 g/mol. The van der Waals surface area contributed by atoms with Crippen molar-refractivity contribution >= 4 is 17.6 Å². The SMILES string of the molecule is CO[C@]1(C(=O)Nc2ccc3c(c2)C(=O)OC3)CCCNC1. The van der Waals surface area contributed by atoms with Crippen LogP contribution >= 0.6 is 0 Å². The zero-order valence-electron chi connectivity index (χ0n) is 11.9. The van der Waals surface area contributed by atoms with Gasteiger partial charge < -0.3 is 20.1 Å². The van der Waals surface area contributed by atoms with Gasteiger partial charge in [0.15, 0.2) is 5.60 Å². The van der Waals surface area contributed by atoms with Gasteiger partial charge in [-0.15, -0.1) is 0 Å². The number of fused-ring (bicyclic) bond motifs is 1. The summed E-state index contributed by atoms with van der Waals surface area (Å²) in [7, 11) is 1.55. The molecular formula is C15H18N2O4. The summed E-state index contributed by atoms with van der Waals surface area (Å²) >= 11 is 0. The molecule has 1 atom stereocenters. The summed E-state index contributed by atoms with van der Waals surface area (Å²) in [6.07, 6.45) is 1.56. The lowest BCUT2D eigenvalue weighted by Crippen LogP contribution is -2.55. The largest absolute Gasteiger partial charge is 0.457 e. The van der Waals surface area contributed by atoms with E-state index in [1.54, 1.807) is 25.3 Å². The van der Waals surface area contributed by atoms with Gasteiger partial charge in [0.1, 0.15) is 6.61 Å². The highest BCUT2D eigenvalue weighted by Gasteiger charge is 2.40. The second-order valence-corrected chi connectivity index (χ2v) is 5.38. The molecule has 0 aromatic heterocycles. The number of ether oxygens (including phenoxy) is 2. The van der Waals surface area contributed by atoms with E-state index in [1.807, 2.05) is 0 Å². The Hall–Kier alpha value is -1.92. The highest BCUT2D eigenvalue weighted by Crippen LogP contribution is 2.26. The van der Waals surface area contributed by atoms with Crippen molar-refractivity contribution in [3.63, 3.8) is 0 Å². The van der Waals surface area contributed by atoms with Crippen LogP contribution in [0.1, 0.15) is 28.8 Å². The van der Waals surface area contributed by atoms with Gasteiger partial charge in [-0.3, -0.25) is 4.79 Å². The first-order valence-corrected chi connectivity index (χ1v) is 7.02. The minimum Gasteiger partial charge on any atom is -0.457 e. The fourth-order valence-corrected chi connectivity index (χ4v) is 2.77. The van der Waals surface area contributed by atoms with Gasteiger partial charge in [0, 0.05) is 24.9 Å². The van der Waals surface area contributed by atoms with E-state index < -0.39 is 5.60 Å². The number of hydrogen-bond acceptors (Lipinski definition) is 5. The Morgan fingerprint density at radius 3 is 3.05 bits per heavy atom. The first-order valence-electron chi connectivity index (χ1n) is 7.02. The van der Waals surface area contributed by atoms with E-state index in [-0.39, 0.29) is 11.9 Å².